The van der Waals surface area contributed by atoms with Crippen LogP contribution in [0.3, 0.4) is 0 Å². The van der Waals surface area contributed by atoms with E-state index in [2.05, 4.69) is 0 Å². The quantitative estimate of drug-likeness (QED) is 0.745. The molecule has 0 aliphatic rings. The minimum Gasteiger partial charge on any atom is -0.497 e. The normalized spacial score (nSPS) is 9.38. The SMILES string of the molecule is COc1cc(F)c(CO)c(C#N)c1. The lowest BCUT2D eigenvalue weighted by molar-refractivity contribution is 0.275. The molecule has 3 nitrogen and oxygen atoms in total. The zero-order chi connectivity index (χ0) is 9.84. The smallest absolute Gasteiger partial charge is 0.133 e. The molecule has 0 atom stereocenters. The van der Waals surface area contributed by atoms with Crippen molar-refractivity contribution in [3.05, 3.63) is 29.1 Å². The van der Waals surface area contributed by atoms with E-state index in [1.807, 2.05) is 0 Å². The average molecular weight is 181 g/mol. The molecule has 0 radical (unpaired) electrons. The van der Waals surface area contributed by atoms with Gasteiger partial charge >= 0.3 is 0 Å². The van der Waals surface area contributed by atoms with Gasteiger partial charge in [-0.05, 0) is 6.07 Å². The molecule has 0 saturated carbocycles. The van der Waals surface area contributed by atoms with Gasteiger partial charge in [-0.1, -0.05) is 0 Å². The van der Waals surface area contributed by atoms with Crippen molar-refractivity contribution in [2.75, 3.05) is 7.11 Å². The first kappa shape index (κ1) is 9.49. The van der Waals surface area contributed by atoms with Gasteiger partial charge in [-0.25, -0.2) is 4.39 Å². The first-order valence-electron chi connectivity index (χ1n) is 3.60. The molecule has 1 N–H and O–H groups in total. The lowest BCUT2D eigenvalue weighted by Crippen LogP contribution is -1.96. The molecular formula is C9H8FNO2. The van der Waals surface area contributed by atoms with Crippen molar-refractivity contribution in [1.29, 1.82) is 5.26 Å². The molecule has 4 heteroatoms. The second kappa shape index (κ2) is 3.87. The number of aliphatic hydroxyl groups is 1. The maximum Gasteiger partial charge on any atom is 0.133 e. The lowest BCUT2D eigenvalue weighted by Gasteiger charge is -2.05. The third kappa shape index (κ3) is 1.76. The van der Waals surface area contributed by atoms with Gasteiger partial charge in [-0.2, -0.15) is 5.26 Å². The fourth-order valence-electron chi connectivity index (χ4n) is 0.990. The first-order chi connectivity index (χ1) is 6.22. The summed E-state index contributed by atoms with van der Waals surface area (Å²) in [5.41, 5.74) is 0.0997. The van der Waals surface area contributed by atoms with Crippen molar-refractivity contribution in [1.82, 2.24) is 0 Å². The molecular weight excluding hydrogens is 173 g/mol. The summed E-state index contributed by atoms with van der Waals surface area (Å²) < 4.78 is 17.9. The van der Waals surface area contributed by atoms with Crippen molar-refractivity contribution >= 4 is 0 Å². The van der Waals surface area contributed by atoms with Crippen LogP contribution in [0.1, 0.15) is 11.1 Å². The Balaban J connectivity index is 3.31. The highest BCUT2D eigenvalue weighted by Gasteiger charge is 2.09. The van der Waals surface area contributed by atoms with E-state index in [4.69, 9.17) is 15.1 Å². The van der Waals surface area contributed by atoms with Crippen LogP contribution in [0, 0.1) is 17.1 Å². The summed E-state index contributed by atoms with van der Waals surface area (Å²) in [6.45, 7) is -0.487. The van der Waals surface area contributed by atoms with Gasteiger partial charge in [0.2, 0.25) is 0 Å². The Labute approximate surface area is 75.0 Å². The maximum atomic E-state index is 13.1. The van der Waals surface area contributed by atoms with Crippen LogP contribution in [-0.4, -0.2) is 12.2 Å². The third-order valence-corrected chi connectivity index (χ3v) is 1.68. The van der Waals surface area contributed by atoms with Gasteiger partial charge in [-0.15, -0.1) is 0 Å². The predicted octanol–water partition coefficient (Wildman–Crippen LogP) is 1.20. The van der Waals surface area contributed by atoms with Crippen LogP contribution in [0.5, 0.6) is 5.75 Å². The zero-order valence-electron chi connectivity index (χ0n) is 7.04. The van der Waals surface area contributed by atoms with E-state index in [0.717, 1.165) is 6.07 Å². The molecule has 0 heterocycles. The maximum absolute atomic E-state index is 13.1. The summed E-state index contributed by atoms with van der Waals surface area (Å²) in [5.74, 6) is -0.357. The molecule has 68 valence electrons. The van der Waals surface area contributed by atoms with Crippen molar-refractivity contribution in [2.24, 2.45) is 0 Å². The Morgan fingerprint density at radius 2 is 2.31 bits per heavy atom. The summed E-state index contributed by atoms with van der Waals surface area (Å²) in [6, 6.07) is 4.30. The number of methoxy groups -OCH3 is 1. The second-order valence-electron chi connectivity index (χ2n) is 2.41. The predicted molar refractivity (Wildman–Crippen MR) is 43.6 cm³/mol. The topological polar surface area (TPSA) is 53.2 Å². The summed E-state index contributed by atoms with van der Waals surface area (Å²) in [4.78, 5) is 0. The van der Waals surface area contributed by atoms with Crippen LogP contribution in [0.15, 0.2) is 12.1 Å². The molecule has 0 amide bonds. The van der Waals surface area contributed by atoms with Crippen LogP contribution in [-0.2, 0) is 6.61 Å². The molecule has 0 aromatic heterocycles. The van der Waals surface area contributed by atoms with Crippen LogP contribution >= 0.6 is 0 Å². The number of nitrogens with zero attached hydrogens (tertiary/aromatic N) is 1. The molecule has 0 aliphatic carbocycles. The number of hydrogen-bond donors (Lipinski definition) is 1. The van der Waals surface area contributed by atoms with E-state index in [0.29, 0.717) is 0 Å². The fraction of sp³-hybridized carbons (Fsp3) is 0.222. The molecule has 0 unspecified atom stereocenters. The van der Waals surface area contributed by atoms with E-state index in [1.54, 1.807) is 6.07 Å². The number of hydrogen-bond acceptors (Lipinski definition) is 3. The zero-order valence-corrected chi connectivity index (χ0v) is 7.04. The first-order valence-corrected chi connectivity index (χ1v) is 3.60. The Morgan fingerprint density at radius 3 is 2.77 bits per heavy atom. The Hall–Kier alpha value is -1.60. The molecule has 0 bridgehead atoms. The van der Waals surface area contributed by atoms with Crippen molar-refractivity contribution < 1.29 is 14.2 Å². The van der Waals surface area contributed by atoms with Gasteiger partial charge in [-0.3, -0.25) is 0 Å². The van der Waals surface area contributed by atoms with E-state index in [9.17, 15) is 4.39 Å². The monoisotopic (exact) mass is 181 g/mol. The van der Waals surface area contributed by atoms with Gasteiger partial charge in [0, 0.05) is 11.6 Å². The van der Waals surface area contributed by atoms with Gasteiger partial charge in [0.05, 0.1) is 25.3 Å². The van der Waals surface area contributed by atoms with Gasteiger partial charge in [0.25, 0.3) is 0 Å². The molecule has 1 rings (SSSR count). The second-order valence-corrected chi connectivity index (χ2v) is 2.41. The average Bonchev–Trinajstić information content (AvgIpc) is 2.16. The van der Waals surface area contributed by atoms with Crippen molar-refractivity contribution in [3.63, 3.8) is 0 Å². The molecule has 1 aromatic rings. The Bertz CT molecular complexity index is 357. The number of nitriles is 1. The molecule has 0 saturated heterocycles. The Morgan fingerprint density at radius 1 is 1.62 bits per heavy atom. The van der Waals surface area contributed by atoms with E-state index < -0.39 is 12.4 Å². The number of ether oxygens (including phenoxy) is 1. The largest absolute Gasteiger partial charge is 0.497 e. The summed E-state index contributed by atoms with van der Waals surface area (Å²) >= 11 is 0. The van der Waals surface area contributed by atoms with Gasteiger partial charge in [0.1, 0.15) is 11.6 Å². The molecule has 0 fully saturated rings. The van der Waals surface area contributed by atoms with Crippen LogP contribution in [0.25, 0.3) is 0 Å². The number of benzene rings is 1. The highest BCUT2D eigenvalue weighted by molar-refractivity contribution is 5.43. The minimum absolute atomic E-state index is 0.00306. The van der Waals surface area contributed by atoms with Gasteiger partial charge < -0.3 is 9.84 Å². The highest BCUT2D eigenvalue weighted by atomic mass is 19.1. The summed E-state index contributed by atoms with van der Waals surface area (Å²) in [6.07, 6.45) is 0. The molecule has 1 aromatic carbocycles. The standard InChI is InChI=1S/C9H8FNO2/c1-13-7-2-6(4-11)8(5-12)9(10)3-7/h2-3,12H,5H2,1H3. The number of halogens is 1. The molecule has 0 spiro atoms. The molecule has 0 aliphatic heterocycles. The minimum atomic E-state index is -0.626. The highest BCUT2D eigenvalue weighted by Crippen LogP contribution is 2.20. The van der Waals surface area contributed by atoms with Crippen molar-refractivity contribution in [3.8, 4) is 11.8 Å². The molecule has 13 heavy (non-hydrogen) atoms. The third-order valence-electron chi connectivity index (χ3n) is 1.68. The lowest BCUT2D eigenvalue weighted by atomic mass is 10.1. The van der Waals surface area contributed by atoms with E-state index in [-0.39, 0.29) is 16.9 Å². The number of rotatable bonds is 2. The van der Waals surface area contributed by atoms with Crippen LogP contribution in [0.4, 0.5) is 4.39 Å². The summed E-state index contributed by atoms with van der Waals surface area (Å²) in [7, 11) is 1.38. The van der Waals surface area contributed by atoms with E-state index >= 15 is 0 Å². The fourth-order valence-corrected chi connectivity index (χ4v) is 0.990. The number of aliphatic hydroxyl groups excluding tert-OH is 1. The van der Waals surface area contributed by atoms with Crippen LogP contribution in [0.2, 0.25) is 0 Å². The van der Waals surface area contributed by atoms with Crippen molar-refractivity contribution in [2.45, 2.75) is 6.61 Å². The summed E-state index contributed by atoms with van der Waals surface area (Å²) in [5, 5.41) is 17.4. The van der Waals surface area contributed by atoms with E-state index in [1.165, 1.54) is 13.2 Å². The van der Waals surface area contributed by atoms with Crippen LogP contribution < -0.4 is 4.74 Å². The Kier molecular flexibility index (Phi) is 2.83. The van der Waals surface area contributed by atoms with Gasteiger partial charge in [0.15, 0.2) is 0 Å².